The van der Waals surface area contributed by atoms with E-state index < -0.39 is 0 Å². The quantitative estimate of drug-likeness (QED) is 0.886. The average Bonchev–Trinajstić information content (AvgIpc) is 3.02. The van der Waals surface area contributed by atoms with Gasteiger partial charge in [0.05, 0.1) is 12.5 Å². The van der Waals surface area contributed by atoms with E-state index >= 15 is 0 Å². The van der Waals surface area contributed by atoms with E-state index in [1.165, 1.54) is 6.08 Å². The second kappa shape index (κ2) is 5.89. The van der Waals surface area contributed by atoms with Crippen molar-refractivity contribution in [2.24, 2.45) is 0 Å². The molecule has 5 nitrogen and oxygen atoms in total. The highest BCUT2D eigenvalue weighted by atomic mass is 16.3. The van der Waals surface area contributed by atoms with Crippen molar-refractivity contribution >= 4 is 29.3 Å². The number of hydrogen-bond donors (Lipinski definition) is 1. The lowest BCUT2D eigenvalue weighted by atomic mass is 10.0. The lowest BCUT2D eigenvalue weighted by Gasteiger charge is -2.26. The first-order valence-corrected chi connectivity index (χ1v) is 7.04. The van der Waals surface area contributed by atoms with Crippen LogP contribution in [0.3, 0.4) is 0 Å². The SMILES string of the molecule is CN1C(=O)CCc2cc(NC(=O)/C=C/c3ccoc3)ccc21. The van der Waals surface area contributed by atoms with Crippen LogP contribution in [0.2, 0.25) is 0 Å². The number of nitrogens with zero attached hydrogens (tertiary/aromatic N) is 1. The van der Waals surface area contributed by atoms with Gasteiger partial charge >= 0.3 is 0 Å². The average molecular weight is 296 g/mol. The molecule has 112 valence electrons. The highest BCUT2D eigenvalue weighted by Gasteiger charge is 2.20. The highest BCUT2D eigenvalue weighted by Crippen LogP contribution is 2.29. The Bertz CT molecular complexity index is 732. The molecule has 1 aromatic carbocycles. The minimum Gasteiger partial charge on any atom is -0.472 e. The summed E-state index contributed by atoms with van der Waals surface area (Å²) in [5.74, 6) is -0.0891. The fourth-order valence-electron chi connectivity index (χ4n) is 2.46. The van der Waals surface area contributed by atoms with Gasteiger partial charge < -0.3 is 14.6 Å². The minimum atomic E-state index is -0.207. The van der Waals surface area contributed by atoms with Gasteiger partial charge in [-0.25, -0.2) is 0 Å². The van der Waals surface area contributed by atoms with Crippen LogP contribution in [-0.2, 0) is 16.0 Å². The number of nitrogens with one attached hydrogen (secondary N) is 1. The van der Waals surface area contributed by atoms with Crippen molar-refractivity contribution < 1.29 is 14.0 Å². The summed E-state index contributed by atoms with van der Waals surface area (Å²) in [5, 5.41) is 2.82. The van der Waals surface area contributed by atoms with E-state index in [4.69, 9.17) is 4.42 Å². The van der Waals surface area contributed by atoms with Crippen LogP contribution in [-0.4, -0.2) is 18.9 Å². The molecule has 1 aromatic heterocycles. The van der Waals surface area contributed by atoms with Gasteiger partial charge in [0.2, 0.25) is 11.8 Å². The summed E-state index contributed by atoms with van der Waals surface area (Å²) in [4.78, 5) is 25.2. The van der Waals surface area contributed by atoms with Gasteiger partial charge in [0.25, 0.3) is 0 Å². The topological polar surface area (TPSA) is 62.6 Å². The predicted molar refractivity (Wildman–Crippen MR) is 84.5 cm³/mol. The molecule has 0 saturated carbocycles. The summed E-state index contributed by atoms with van der Waals surface area (Å²) in [5.41, 5.74) is 3.53. The zero-order valence-corrected chi connectivity index (χ0v) is 12.2. The van der Waals surface area contributed by atoms with Crippen LogP contribution < -0.4 is 10.2 Å². The van der Waals surface area contributed by atoms with Crippen molar-refractivity contribution in [3.8, 4) is 0 Å². The zero-order chi connectivity index (χ0) is 15.5. The Morgan fingerprint density at radius 3 is 2.95 bits per heavy atom. The molecule has 0 atom stereocenters. The van der Waals surface area contributed by atoms with Crippen molar-refractivity contribution in [3.05, 3.63) is 54.0 Å². The summed E-state index contributed by atoms with van der Waals surface area (Å²) in [6.07, 6.45) is 7.46. The molecule has 1 aliphatic heterocycles. The molecule has 1 N–H and O–H groups in total. The Hall–Kier alpha value is -2.82. The number of hydrogen-bond acceptors (Lipinski definition) is 3. The summed E-state index contributed by atoms with van der Waals surface area (Å²) >= 11 is 0. The van der Waals surface area contributed by atoms with Crippen LogP contribution in [0.4, 0.5) is 11.4 Å². The third-order valence-corrected chi connectivity index (χ3v) is 3.66. The van der Waals surface area contributed by atoms with Gasteiger partial charge in [0.15, 0.2) is 0 Å². The molecule has 0 radical (unpaired) electrons. The van der Waals surface area contributed by atoms with E-state index in [0.29, 0.717) is 12.8 Å². The number of anilines is 2. The molecule has 0 unspecified atom stereocenters. The van der Waals surface area contributed by atoms with Crippen molar-refractivity contribution in [3.63, 3.8) is 0 Å². The molecule has 0 aliphatic carbocycles. The summed E-state index contributed by atoms with van der Waals surface area (Å²) in [7, 11) is 1.77. The number of furan rings is 1. The third kappa shape index (κ3) is 2.93. The van der Waals surface area contributed by atoms with Crippen molar-refractivity contribution in [1.29, 1.82) is 0 Å². The van der Waals surface area contributed by atoms with Crippen LogP contribution in [0.15, 0.2) is 47.3 Å². The van der Waals surface area contributed by atoms with Crippen molar-refractivity contribution in [2.75, 3.05) is 17.3 Å². The van der Waals surface area contributed by atoms with E-state index in [-0.39, 0.29) is 11.8 Å². The molecular formula is C17H16N2O3. The molecule has 2 amide bonds. The van der Waals surface area contributed by atoms with E-state index in [1.807, 2.05) is 12.1 Å². The maximum absolute atomic E-state index is 11.9. The monoisotopic (exact) mass is 296 g/mol. The molecule has 3 rings (SSSR count). The first kappa shape index (κ1) is 14.1. The molecular weight excluding hydrogens is 280 g/mol. The number of amides is 2. The molecule has 0 bridgehead atoms. The molecule has 5 heteroatoms. The number of carbonyl (C=O) groups is 2. The van der Waals surface area contributed by atoms with Crippen LogP contribution in [0.25, 0.3) is 6.08 Å². The molecule has 2 aromatic rings. The second-order valence-electron chi connectivity index (χ2n) is 5.18. The summed E-state index contributed by atoms with van der Waals surface area (Å²) in [6.45, 7) is 0. The first-order valence-electron chi connectivity index (χ1n) is 7.04. The van der Waals surface area contributed by atoms with Gasteiger partial charge in [0, 0.05) is 36.5 Å². The lowest BCUT2D eigenvalue weighted by Crippen LogP contribution is -2.31. The van der Waals surface area contributed by atoms with Gasteiger partial charge in [-0.3, -0.25) is 9.59 Å². The smallest absolute Gasteiger partial charge is 0.248 e. The van der Waals surface area contributed by atoms with Crippen LogP contribution in [0.5, 0.6) is 0 Å². The van der Waals surface area contributed by atoms with Gasteiger partial charge in [0.1, 0.15) is 0 Å². The number of aryl methyl sites for hydroxylation is 1. The predicted octanol–water partition coefficient (Wildman–Crippen LogP) is 2.84. The maximum Gasteiger partial charge on any atom is 0.248 e. The Kier molecular flexibility index (Phi) is 3.78. The Labute approximate surface area is 128 Å². The largest absolute Gasteiger partial charge is 0.472 e. The lowest BCUT2D eigenvalue weighted by molar-refractivity contribution is -0.118. The number of carbonyl (C=O) groups excluding carboxylic acids is 2. The Morgan fingerprint density at radius 1 is 1.32 bits per heavy atom. The van der Waals surface area contributed by atoms with E-state index in [9.17, 15) is 9.59 Å². The number of benzene rings is 1. The molecule has 1 aliphatic rings. The molecule has 0 fully saturated rings. The standard InChI is InChI=1S/C17H16N2O3/c1-19-15-5-4-14(10-13(15)3-7-17(19)21)18-16(20)6-2-12-8-9-22-11-12/h2,4-6,8-11H,3,7H2,1H3,(H,18,20)/b6-2+. The van der Waals surface area contributed by atoms with Gasteiger partial charge in [-0.15, -0.1) is 0 Å². The summed E-state index contributed by atoms with van der Waals surface area (Å²) < 4.78 is 4.93. The molecule has 22 heavy (non-hydrogen) atoms. The number of rotatable bonds is 3. The molecule has 0 spiro atoms. The Morgan fingerprint density at radius 2 is 2.18 bits per heavy atom. The van der Waals surface area contributed by atoms with Crippen molar-refractivity contribution in [1.82, 2.24) is 0 Å². The van der Waals surface area contributed by atoms with Crippen LogP contribution >= 0.6 is 0 Å². The third-order valence-electron chi connectivity index (χ3n) is 3.66. The van der Waals surface area contributed by atoms with E-state index in [2.05, 4.69) is 5.32 Å². The normalized spacial score (nSPS) is 14.2. The van der Waals surface area contributed by atoms with E-state index in [1.54, 1.807) is 42.7 Å². The van der Waals surface area contributed by atoms with Gasteiger partial charge in [-0.1, -0.05) is 0 Å². The van der Waals surface area contributed by atoms with Gasteiger partial charge in [-0.2, -0.15) is 0 Å². The first-order chi connectivity index (χ1) is 10.6. The molecule has 0 saturated heterocycles. The fraction of sp³-hybridized carbons (Fsp3) is 0.176. The fourth-order valence-corrected chi connectivity index (χ4v) is 2.46. The van der Waals surface area contributed by atoms with Crippen molar-refractivity contribution in [2.45, 2.75) is 12.8 Å². The highest BCUT2D eigenvalue weighted by molar-refractivity contribution is 6.02. The Balaban J connectivity index is 1.71. The second-order valence-corrected chi connectivity index (χ2v) is 5.18. The van der Waals surface area contributed by atoms with Gasteiger partial charge in [-0.05, 0) is 42.3 Å². The van der Waals surface area contributed by atoms with Crippen LogP contribution in [0, 0.1) is 0 Å². The van der Waals surface area contributed by atoms with Crippen LogP contribution in [0.1, 0.15) is 17.5 Å². The minimum absolute atomic E-state index is 0.118. The van der Waals surface area contributed by atoms with E-state index in [0.717, 1.165) is 22.5 Å². The number of fused-ring (bicyclic) bond motifs is 1. The maximum atomic E-state index is 11.9. The summed E-state index contributed by atoms with van der Waals surface area (Å²) in [6, 6.07) is 7.36. The molecule has 2 heterocycles. The zero-order valence-electron chi connectivity index (χ0n) is 12.2.